The molecule has 2 heterocycles. The van der Waals surface area contributed by atoms with Crippen LogP contribution in [0.25, 0.3) is 0 Å². The molecule has 2 fully saturated rings. The maximum Gasteiger partial charge on any atom is 0.326 e. The van der Waals surface area contributed by atoms with Crippen molar-refractivity contribution in [1.29, 1.82) is 0 Å². The summed E-state index contributed by atoms with van der Waals surface area (Å²) in [5.41, 5.74) is 0.890. The first-order valence-electron chi connectivity index (χ1n) is 27.6. The average Bonchev–Trinajstić information content (AvgIpc) is 3.92. The summed E-state index contributed by atoms with van der Waals surface area (Å²) in [6.07, 6.45) is 1.53. The molecule has 0 radical (unpaired) electrons. The molecule has 2 aliphatic heterocycles. The van der Waals surface area contributed by atoms with Gasteiger partial charge in [0.2, 0.25) is 47.3 Å². The van der Waals surface area contributed by atoms with Crippen molar-refractivity contribution in [2.24, 2.45) is 17.8 Å². The van der Waals surface area contributed by atoms with Crippen LogP contribution in [0.3, 0.4) is 0 Å². The summed E-state index contributed by atoms with van der Waals surface area (Å²) in [6.45, 7) is 13.8. The molecule has 2 aromatic rings. The number of benzene rings is 2. The van der Waals surface area contributed by atoms with E-state index in [2.05, 4.69) is 16.0 Å². The minimum Gasteiger partial charge on any atom is -0.480 e. The zero-order chi connectivity index (χ0) is 58.6. The molecule has 2 saturated heterocycles. The second kappa shape index (κ2) is 31.5. The Balaban J connectivity index is 1.25. The van der Waals surface area contributed by atoms with Crippen LogP contribution < -0.4 is 16.0 Å². The molecule has 0 saturated carbocycles. The highest BCUT2D eigenvalue weighted by atomic mass is 16.5. The van der Waals surface area contributed by atoms with E-state index in [1.807, 2.05) is 45.9 Å². The monoisotopic (exact) mass is 1110 g/mol. The average molecular weight is 1110 g/mol. The van der Waals surface area contributed by atoms with Crippen LogP contribution in [0.15, 0.2) is 54.6 Å². The molecule has 2 aliphatic rings. The van der Waals surface area contributed by atoms with Crippen molar-refractivity contribution < 1.29 is 67.2 Å². The Hall–Kier alpha value is -6.29. The zero-order valence-electron chi connectivity index (χ0n) is 48.2. The number of likely N-dealkylation sites (tertiary alicyclic amines) is 2. The van der Waals surface area contributed by atoms with Crippen LogP contribution in [0.1, 0.15) is 111 Å². The maximum atomic E-state index is 14.6. The van der Waals surface area contributed by atoms with Gasteiger partial charge in [-0.3, -0.25) is 43.3 Å². The Morgan fingerprint density at radius 2 is 1.44 bits per heavy atom. The van der Waals surface area contributed by atoms with E-state index in [9.17, 15) is 48.3 Å². The summed E-state index contributed by atoms with van der Waals surface area (Å²) in [5, 5.41) is 18.4. The van der Waals surface area contributed by atoms with Gasteiger partial charge in [0, 0.05) is 66.4 Å². The Bertz CT molecular complexity index is 2370. The highest BCUT2D eigenvalue weighted by molar-refractivity contribution is 5.99. The van der Waals surface area contributed by atoms with Crippen molar-refractivity contribution in [3.05, 3.63) is 65.7 Å². The van der Waals surface area contributed by atoms with Crippen LogP contribution >= 0.6 is 0 Å². The van der Waals surface area contributed by atoms with E-state index in [0.717, 1.165) is 11.1 Å². The normalized spacial score (nSPS) is 17.1. The number of ether oxygens (including phenoxy) is 4. The summed E-state index contributed by atoms with van der Waals surface area (Å²) in [4.78, 5) is 124. The van der Waals surface area contributed by atoms with E-state index >= 15 is 0 Å². The highest BCUT2D eigenvalue weighted by Gasteiger charge is 2.44. The molecule has 0 aromatic heterocycles. The highest BCUT2D eigenvalue weighted by Crippen LogP contribution is 2.30. The van der Waals surface area contributed by atoms with E-state index in [0.29, 0.717) is 50.9 Å². The molecule has 0 aliphatic carbocycles. The first-order valence-corrected chi connectivity index (χ1v) is 27.6. The molecule has 2 aromatic carbocycles. The van der Waals surface area contributed by atoms with Gasteiger partial charge in [-0.1, -0.05) is 83.5 Å². The van der Waals surface area contributed by atoms with Crippen LogP contribution in [0, 0.1) is 17.8 Å². The van der Waals surface area contributed by atoms with Crippen molar-refractivity contribution in [2.75, 3.05) is 73.1 Å². The second-order valence-corrected chi connectivity index (χ2v) is 21.5. The fraction of sp³-hybridized carbons (Fsp3) is 0.638. The van der Waals surface area contributed by atoms with Gasteiger partial charge < -0.3 is 54.7 Å². The van der Waals surface area contributed by atoms with E-state index in [4.69, 9.17) is 18.9 Å². The number of methoxy groups -OCH3 is 2. The summed E-state index contributed by atoms with van der Waals surface area (Å²) in [5.74, 6) is -5.15. The van der Waals surface area contributed by atoms with Crippen LogP contribution in [0.5, 0.6) is 0 Å². The second-order valence-electron chi connectivity index (χ2n) is 21.5. The number of carbonyl (C=O) groups excluding carboxylic acids is 8. The third-order valence-corrected chi connectivity index (χ3v) is 15.5. The van der Waals surface area contributed by atoms with E-state index in [1.165, 1.54) is 31.1 Å². The van der Waals surface area contributed by atoms with Crippen molar-refractivity contribution >= 4 is 58.9 Å². The summed E-state index contributed by atoms with van der Waals surface area (Å²) in [6, 6.07) is 12.9. The van der Waals surface area contributed by atoms with E-state index < -0.39 is 71.5 Å². The van der Waals surface area contributed by atoms with Gasteiger partial charge in [0.25, 0.3) is 0 Å². The predicted octanol–water partition coefficient (Wildman–Crippen LogP) is 4.24. The maximum absolute atomic E-state index is 14.6. The van der Waals surface area contributed by atoms with Gasteiger partial charge in [-0.15, -0.1) is 0 Å². The number of amides is 8. The number of aryl methyl sites for hydroxylation is 1. The van der Waals surface area contributed by atoms with Gasteiger partial charge in [-0.05, 0) is 68.2 Å². The summed E-state index contributed by atoms with van der Waals surface area (Å²) >= 11 is 0. The predicted molar refractivity (Wildman–Crippen MR) is 295 cm³/mol. The largest absolute Gasteiger partial charge is 0.480 e. The van der Waals surface area contributed by atoms with Gasteiger partial charge in [-0.25, -0.2) is 4.79 Å². The number of carboxylic acids is 1. The molecule has 0 bridgehead atoms. The molecule has 4 N–H and O–H groups in total. The van der Waals surface area contributed by atoms with Crippen LogP contribution in [0.2, 0.25) is 0 Å². The Kier molecular flexibility index (Phi) is 26.0. The van der Waals surface area contributed by atoms with Crippen LogP contribution in [0.4, 0.5) is 5.69 Å². The third-order valence-electron chi connectivity index (χ3n) is 15.5. The van der Waals surface area contributed by atoms with Crippen molar-refractivity contribution in [3.8, 4) is 0 Å². The summed E-state index contributed by atoms with van der Waals surface area (Å²) < 4.78 is 23.1. The van der Waals surface area contributed by atoms with Crippen LogP contribution in [-0.4, -0.2) is 188 Å². The number of β-lactam (4-membered cyclic amide) rings is 1. The topological polar surface area (TPSA) is 260 Å². The van der Waals surface area contributed by atoms with Crippen molar-refractivity contribution in [1.82, 2.24) is 30.2 Å². The van der Waals surface area contributed by atoms with Gasteiger partial charge in [-0.2, -0.15) is 0 Å². The molecule has 4 rings (SSSR count). The smallest absolute Gasteiger partial charge is 0.326 e. The number of imide groups is 1. The molecule has 79 heavy (non-hydrogen) atoms. The molecule has 21 heteroatoms. The number of aliphatic carboxylic acids is 1. The van der Waals surface area contributed by atoms with Gasteiger partial charge in [0.15, 0.2) is 0 Å². The Morgan fingerprint density at radius 3 is 2.00 bits per heavy atom. The number of nitrogens with one attached hydrogen (secondary N) is 3. The number of carboxylic acid groups (broad SMARTS) is 1. The minimum atomic E-state index is -1.38. The molecular formula is C58H87N7O14. The van der Waals surface area contributed by atoms with Gasteiger partial charge in [0.05, 0.1) is 75.9 Å². The van der Waals surface area contributed by atoms with E-state index in [-0.39, 0.29) is 99.9 Å². The molecule has 8 amide bonds. The molecule has 438 valence electrons. The fourth-order valence-electron chi connectivity index (χ4n) is 9.93. The van der Waals surface area contributed by atoms with Gasteiger partial charge >= 0.3 is 5.97 Å². The molecule has 0 spiro atoms. The Labute approximate surface area is 466 Å². The quantitative estimate of drug-likeness (QED) is 0.0576. The Morgan fingerprint density at radius 1 is 0.797 bits per heavy atom. The number of nitrogens with zero attached hydrogens (tertiary/aromatic N) is 4. The lowest BCUT2D eigenvalue weighted by Gasteiger charge is -2.41. The number of anilines is 1. The summed E-state index contributed by atoms with van der Waals surface area (Å²) in [7, 11) is 6.11. The minimum absolute atomic E-state index is 0.0348. The lowest BCUT2D eigenvalue weighted by atomic mass is 9.89. The van der Waals surface area contributed by atoms with E-state index in [1.54, 1.807) is 74.0 Å². The molecule has 0 unspecified atom stereocenters. The van der Waals surface area contributed by atoms with Crippen LogP contribution in [-0.2, 0) is 74.9 Å². The number of hydrogen-bond donors (Lipinski definition) is 4. The first kappa shape index (κ1) is 65.2. The molecule has 21 nitrogen and oxygen atoms in total. The zero-order valence-corrected chi connectivity index (χ0v) is 48.2. The SMILES string of the molecule is CC[C@H](C)[C@@H]([C@@H](CC(=O)N1CCC[C@H]1[C@H](OC)[C@@H](C)C(=O)N[C@@H](Cc1ccccc1)C(=O)O)OC)N(C)C(=O)[C@@H](NC(=O)C(C)(C)N(C)C(=O)CCOCCOCCC(=O)Nc1ccc(CCC(=O)N2CCC2=O)cc1)C(C)C. The lowest BCUT2D eigenvalue weighted by molar-refractivity contribution is -0.152. The van der Waals surface area contributed by atoms with Crippen molar-refractivity contribution in [3.63, 3.8) is 0 Å². The first-order chi connectivity index (χ1) is 37.5. The van der Waals surface area contributed by atoms with Crippen molar-refractivity contribution in [2.45, 2.75) is 155 Å². The molecular weight excluding hydrogens is 1020 g/mol. The fourth-order valence-corrected chi connectivity index (χ4v) is 9.93. The number of carbonyl (C=O) groups is 9. The standard InChI is InChI=1S/C58H87N7O14/c1-12-38(4)52(45(76-10)36-50(70)64-29-16-19-44(64)53(77-11)39(5)54(71)60-43(56(73)74)35-41-17-14-13-15-18-41)62(8)55(72)51(37(2)3)61-57(75)58(6,7)63(9)47(67)28-32-79-34-33-78-31-27-46(66)59-42-23-20-40(21-24-42)22-25-48(68)65-30-26-49(65)69/h13-15,17-18,20-21,23-24,37-39,43-45,51-53H,12,16,19,22,25-36H2,1-11H3,(H,59,66)(H,60,71)(H,61,75)(H,73,74)/t38-,39+,43-,44-,45+,51-,52-,53+/m0/s1. The number of likely N-dealkylation sites (N-methyl/N-ethyl adjacent to an activating group) is 2. The van der Waals surface area contributed by atoms with Gasteiger partial charge in [0.1, 0.15) is 17.6 Å². The molecule has 8 atom stereocenters. The third kappa shape index (κ3) is 18.6. The number of hydrogen-bond acceptors (Lipinski definition) is 13. The lowest BCUT2D eigenvalue weighted by Crippen LogP contribution is -2.62. The number of rotatable bonds is 33.